The molecule has 0 saturated carbocycles. The number of rotatable bonds is 4. The van der Waals surface area contributed by atoms with Crippen molar-refractivity contribution in [2.24, 2.45) is 0 Å². The van der Waals surface area contributed by atoms with Crippen molar-refractivity contribution >= 4 is 11.4 Å². The van der Waals surface area contributed by atoms with Crippen LogP contribution < -0.4 is 11.1 Å². The molecule has 0 aliphatic carbocycles. The quantitative estimate of drug-likeness (QED) is 0.717. The van der Waals surface area contributed by atoms with Crippen LogP contribution in [0.4, 0.5) is 24.5 Å². The van der Waals surface area contributed by atoms with Crippen LogP contribution in [-0.2, 0) is 6.18 Å². The van der Waals surface area contributed by atoms with Crippen molar-refractivity contribution in [2.45, 2.75) is 25.6 Å². The molecule has 0 saturated heterocycles. The van der Waals surface area contributed by atoms with Crippen LogP contribution in [0.25, 0.3) is 0 Å². The zero-order valence-corrected chi connectivity index (χ0v) is 9.38. The number of nitrogens with one attached hydrogen (secondary N) is 1. The van der Waals surface area contributed by atoms with E-state index in [4.69, 9.17) is 10.8 Å². The van der Waals surface area contributed by atoms with E-state index in [2.05, 4.69) is 5.32 Å². The van der Waals surface area contributed by atoms with Crippen LogP contribution in [0.2, 0.25) is 0 Å². The molecule has 0 fully saturated rings. The molecule has 1 unspecified atom stereocenters. The SMILES string of the molecule is CCC(CO)Nc1ccc(C(F)(F)F)cc1N. The zero-order chi connectivity index (χ0) is 13.1. The fourth-order valence-electron chi connectivity index (χ4n) is 1.37. The molecule has 0 bridgehead atoms. The molecule has 0 radical (unpaired) electrons. The molecule has 6 heteroatoms. The summed E-state index contributed by atoms with van der Waals surface area (Å²) in [7, 11) is 0. The Morgan fingerprint density at radius 2 is 2.06 bits per heavy atom. The molecule has 96 valence electrons. The maximum Gasteiger partial charge on any atom is 0.416 e. The predicted octanol–water partition coefficient (Wildman–Crippen LogP) is 2.47. The van der Waals surface area contributed by atoms with Crippen molar-refractivity contribution in [3.05, 3.63) is 23.8 Å². The molecule has 1 aromatic rings. The van der Waals surface area contributed by atoms with Crippen molar-refractivity contribution in [1.82, 2.24) is 0 Å². The van der Waals surface area contributed by atoms with Gasteiger partial charge in [-0.15, -0.1) is 0 Å². The van der Waals surface area contributed by atoms with E-state index in [1.807, 2.05) is 6.92 Å². The van der Waals surface area contributed by atoms with Gasteiger partial charge < -0.3 is 16.2 Å². The van der Waals surface area contributed by atoms with Gasteiger partial charge in [-0.1, -0.05) is 6.92 Å². The van der Waals surface area contributed by atoms with Crippen LogP contribution in [0.1, 0.15) is 18.9 Å². The van der Waals surface area contributed by atoms with Crippen molar-refractivity contribution in [3.63, 3.8) is 0 Å². The third-order valence-corrected chi connectivity index (χ3v) is 2.45. The Morgan fingerprint density at radius 1 is 1.41 bits per heavy atom. The summed E-state index contributed by atoms with van der Waals surface area (Å²) in [5.41, 5.74) is 5.17. The maximum atomic E-state index is 12.4. The van der Waals surface area contributed by atoms with Gasteiger partial charge in [0.2, 0.25) is 0 Å². The molecule has 1 aromatic carbocycles. The summed E-state index contributed by atoms with van der Waals surface area (Å²) in [4.78, 5) is 0. The molecule has 0 amide bonds. The highest BCUT2D eigenvalue weighted by molar-refractivity contribution is 5.67. The molecule has 0 aliphatic rings. The summed E-state index contributed by atoms with van der Waals surface area (Å²) in [5.74, 6) is 0. The minimum absolute atomic E-state index is 0.0201. The number of hydrogen-bond donors (Lipinski definition) is 3. The smallest absolute Gasteiger partial charge is 0.397 e. The number of nitrogens with two attached hydrogens (primary N) is 1. The predicted molar refractivity (Wildman–Crippen MR) is 60.6 cm³/mol. The molecular weight excluding hydrogens is 233 g/mol. The Bertz CT molecular complexity index is 375. The third-order valence-electron chi connectivity index (χ3n) is 2.45. The van der Waals surface area contributed by atoms with E-state index >= 15 is 0 Å². The first-order chi connectivity index (χ1) is 7.88. The topological polar surface area (TPSA) is 58.3 Å². The maximum absolute atomic E-state index is 12.4. The Balaban J connectivity index is 2.90. The van der Waals surface area contributed by atoms with Crippen LogP contribution in [-0.4, -0.2) is 17.8 Å². The van der Waals surface area contributed by atoms with Crippen LogP contribution in [0.5, 0.6) is 0 Å². The van der Waals surface area contributed by atoms with E-state index in [1.54, 1.807) is 0 Å². The molecule has 17 heavy (non-hydrogen) atoms. The number of benzene rings is 1. The highest BCUT2D eigenvalue weighted by atomic mass is 19.4. The van der Waals surface area contributed by atoms with Crippen LogP contribution in [0.15, 0.2) is 18.2 Å². The van der Waals surface area contributed by atoms with Crippen molar-refractivity contribution in [2.75, 3.05) is 17.7 Å². The number of halogens is 3. The first-order valence-corrected chi connectivity index (χ1v) is 5.22. The minimum atomic E-state index is -4.40. The van der Waals surface area contributed by atoms with E-state index in [0.29, 0.717) is 12.1 Å². The Kier molecular flexibility index (Phi) is 4.22. The second-order valence-corrected chi connectivity index (χ2v) is 3.73. The molecule has 0 aliphatic heterocycles. The number of nitrogen functional groups attached to an aromatic ring is 1. The lowest BCUT2D eigenvalue weighted by Gasteiger charge is -2.18. The van der Waals surface area contributed by atoms with Crippen molar-refractivity contribution in [1.29, 1.82) is 0 Å². The van der Waals surface area contributed by atoms with Gasteiger partial charge in [-0.25, -0.2) is 0 Å². The van der Waals surface area contributed by atoms with Gasteiger partial charge in [-0.3, -0.25) is 0 Å². The Morgan fingerprint density at radius 3 is 2.47 bits per heavy atom. The summed E-state index contributed by atoms with van der Waals surface area (Å²) in [6.45, 7) is 1.76. The molecular formula is C11H15F3N2O. The van der Waals surface area contributed by atoms with Crippen molar-refractivity contribution in [3.8, 4) is 0 Å². The Labute approximate surface area is 97.4 Å². The van der Waals surface area contributed by atoms with Crippen LogP contribution >= 0.6 is 0 Å². The first-order valence-electron chi connectivity index (χ1n) is 5.22. The highest BCUT2D eigenvalue weighted by Crippen LogP contribution is 2.33. The molecule has 1 atom stereocenters. The van der Waals surface area contributed by atoms with Crippen LogP contribution in [0.3, 0.4) is 0 Å². The minimum Gasteiger partial charge on any atom is -0.397 e. The monoisotopic (exact) mass is 248 g/mol. The highest BCUT2D eigenvalue weighted by Gasteiger charge is 2.30. The second kappa shape index (κ2) is 5.27. The second-order valence-electron chi connectivity index (χ2n) is 3.73. The fraction of sp³-hybridized carbons (Fsp3) is 0.455. The largest absolute Gasteiger partial charge is 0.416 e. The van der Waals surface area contributed by atoms with Gasteiger partial charge in [-0.2, -0.15) is 13.2 Å². The number of aliphatic hydroxyl groups excluding tert-OH is 1. The summed E-state index contributed by atoms with van der Waals surface area (Å²) in [6.07, 6.45) is -3.75. The molecule has 4 N–H and O–H groups in total. The lowest BCUT2D eigenvalue weighted by atomic mass is 10.1. The normalized spacial score (nSPS) is 13.5. The van der Waals surface area contributed by atoms with E-state index in [1.165, 1.54) is 6.07 Å². The summed E-state index contributed by atoms with van der Waals surface area (Å²) in [5, 5.41) is 11.9. The van der Waals surface area contributed by atoms with Gasteiger partial charge in [0.05, 0.1) is 23.5 Å². The lowest BCUT2D eigenvalue weighted by Crippen LogP contribution is -2.23. The van der Waals surface area contributed by atoms with E-state index in [0.717, 1.165) is 12.1 Å². The number of alkyl halides is 3. The molecule has 0 aromatic heterocycles. The average Bonchev–Trinajstić information content (AvgIpc) is 2.26. The van der Waals surface area contributed by atoms with Gasteiger partial charge in [0, 0.05) is 6.04 Å². The molecule has 0 spiro atoms. The average molecular weight is 248 g/mol. The number of anilines is 2. The summed E-state index contributed by atoms with van der Waals surface area (Å²) >= 11 is 0. The molecule has 1 rings (SSSR count). The third kappa shape index (κ3) is 3.52. The van der Waals surface area contributed by atoms with Crippen LogP contribution in [0, 0.1) is 0 Å². The van der Waals surface area contributed by atoms with E-state index in [-0.39, 0.29) is 18.3 Å². The van der Waals surface area contributed by atoms with Gasteiger partial charge in [0.15, 0.2) is 0 Å². The van der Waals surface area contributed by atoms with Gasteiger partial charge in [0.1, 0.15) is 0 Å². The number of aliphatic hydroxyl groups is 1. The Hall–Kier alpha value is -1.43. The van der Waals surface area contributed by atoms with Gasteiger partial charge in [0.25, 0.3) is 0 Å². The zero-order valence-electron chi connectivity index (χ0n) is 9.38. The first kappa shape index (κ1) is 13.6. The number of hydrogen-bond acceptors (Lipinski definition) is 3. The van der Waals surface area contributed by atoms with Crippen molar-refractivity contribution < 1.29 is 18.3 Å². The summed E-state index contributed by atoms with van der Waals surface area (Å²) in [6, 6.07) is 2.90. The summed E-state index contributed by atoms with van der Waals surface area (Å²) < 4.78 is 37.1. The van der Waals surface area contributed by atoms with E-state index < -0.39 is 11.7 Å². The fourth-order valence-corrected chi connectivity index (χ4v) is 1.37. The van der Waals surface area contributed by atoms with Gasteiger partial charge in [-0.05, 0) is 24.6 Å². The molecule has 0 heterocycles. The molecule has 3 nitrogen and oxygen atoms in total. The van der Waals surface area contributed by atoms with Gasteiger partial charge >= 0.3 is 6.18 Å². The standard InChI is InChI=1S/C11H15F3N2O/c1-2-8(6-17)16-10-4-3-7(5-9(10)15)11(12,13)14/h3-5,8,16-17H,2,6,15H2,1H3. The van der Waals surface area contributed by atoms with E-state index in [9.17, 15) is 13.2 Å². The lowest BCUT2D eigenvalue weighted by molar-refractivity contribution is -0.137.